The number of hydrogen-bond donors (Lipinski definition) is 1. The molecule has 0 aliphatic rings. The Balaban J connectivity index is 1.99. The first-order valence-corrected chi connectivity index (χ1v) is 11.0. The fourth-order valence-electron chi connectivity index (χ4n) is 2.77. The molecule has 154 valence electrons. The number of aromatic amines is 1. The minimum absolute atomic E-state index is 0.0185. The van der Waals surface area contributed by atoms with Crippen molar-refractivity contribution >= 4 is 33.0 Å². The third-order valence-corrected chi connectivity index (χ3v) is 5.80. The number of H-pyrrole nitrogens is 1. The van der Waals surface area contributed by atoms with E-state index in [1.807, 2.05) is 0 Å². The number of nitrogens with zero attached hydrogens (tertiary/aromatic N) is 1. The van der Waals surface area contributed by atoms with Crippen LogP contribution in [0.5, 0.6) is 0 Å². The van der Waals surface area contributed by atoms with Crippen LogP contribution in [0.2, 0.25) is 10.0 Å². The highest BCUT2D eigenvalue weighted by atomic mass is 35.5. The molecule has 5 nitrogen and oxygen atoms in total. The summed E-state index contributed by atoms with van der Waals surface area (Å²) in [5.41, 5.74) is 1.28. The summed E-state index contributed by atoms with van der Waals surface area (Å²) in [6.07, 6.45) is 0.141. The smallest absolute Gasteiger partial charge is 0.194 e. The summed E-state index contributed by atoms with van der Waals surface area (Å²) < 4.78 is 57.0. The number of rotatable bonds is 6. The lowest BCUT2D eigenvalue weighted by atomic mass is 10.1. The molecule has 0 saturated heterocycles. The van der Waals surface area contributed by atoms with Crippen LogP contribution in [0, 0.1) is 18.6 Å². The van der Waals surface area contributed by atoms with E-state index in [0.29, 0.717) is 16.8 Å². The molecule has 3 rings (SSSR count). The molecule has 0 unspecified atom stereocenters. The lowest BCUT2D eigenvalue weighted by Gasteiger charge is -2.17. The molecule has 0 radical (unpaired) electrons. The summed E-state index contributed by atoms with van der Waals surface area (Å²) >= 11 is 11.6. The van der Waals surface area contributed by atoms with E-state index in [4.69, 9.17) is 27.9 Å². The summed E-state index contributed by atoms with van der Waals surface area (Å²) in [6.45, 7) is 1.53. The Morgan fingerprint density at radius 3 is 2.41 bits per heavy atom. The zero-order valence-corrected chi connectivity index (χ0v) is 17.7. The highest BCUT2D eigenvalue weighted by Crippen LogP contribution is 2.30. The normalized spacial score (nSPS) is 12.9. The van der Waals surface area contributed by atoms with E-state index in [0.717, 1.165) is 6.26 Å². The summed E-state index contributed by atoms with van der Waals surface area (Å²) in [5.74, 6) is -1.01. The van der Waals surface area contributed by atoms with Crippen molar-refractivity contribution in [2.75, 3.05) is 6.26 Å². The van der Waals surface area contributed by atoms with E-state index < -0.39 is 27.6 Å². The molecule has 3 aromatic rings. The summed E-state index contributed by atoms with van der Waals surface area (Å²) in [6, 6.07) is 8.21. The highest BCUT2D eigenvalue weighted by Gasteiger charge is 2.24. The van der Waals surface area contributed by atoms with Crippen LogP contribution in [0.15, 0.2) is 41.4 Å². The molecule has 0 aliphatic heterocycles. The van der Waals surface area contributed by atoms with E-state index in [-0.39, 0.29) is 27.5 Å². The number of nitrogens with one attached hydrogen (secondary N) is 1. The van der Waals surface area contributed by atoms with Gasteiger partial charge in [0.1, 0.15) is 23.6 Å². The SMILES string of the molecule is Cc1[nH]c([C@H](OCc2ccc(Cl)c(F)c2)c2ccc(F)c(Cl)c2)nc1S(C)(=O)=O. The van der Waals surface area contributed by atoms with Gasteiger partial charge in [-0.1, -0.05) is 35.3 Å². The maximum atomic E-state index is 13.7. The number of aryl methyl sites for hydroxylation is 1. The maximum Gasteiger partial charge on any atom is 0.194 e. The maximum absolute atomic E-state index is 13.7. The van der Waals surface area contributed by atoms with Crippen molar-refractivity contribution in [3.63, 3.8) is 0 Å². The predicted molar refractivity (Wildman–Crippen MR) is 106 cm³/mol. The van der Waals surface area contributed by atoms with Gasteiger partial charge in [-0.2, -0.15) is 0 Å². The average Bonchev–Trinajstić information content (AvgIpc) is 3.03. The third kappa shape index (κ3) is 4.95. The molecule has 0 aliphatic carbocycles. The molecule has 10 heteroatoms. The molecule has 1 heterocycles. The number of benzene rings is 2. The van der Waals surface area contributed by atoms with Gasteiger partial charge in [0.05, 0.1) is 22.3 Å². The van der Waals surface area contributed by atoms with E-state index in [2.05, 4.69) is 9.97 Å². The van der Waals surface area contributed by atoms with Gasteiger partial charge < -0.3 is 9.72 Å². The highest BCUT2D eigenvalue weighted by molar-refractivity contribution is 7.90. The molecule has 1 atom stereocenters. The van der Waals surface area contributed by atoms with Crippen LogP contribution >= 0.6 is 23.2 Å². The van der Waals surface area contributed by atoms with Crippen molar-refractivity contribution in [2.24, 2.45) is 0 Å². The predicted octanol–water partition coefficient (Wildman–Crippen LogP) is 5.01. The van der Waals surface area contributed by atoms with Crippen LogP contribution in [0.1, 0.15) is 28.7 Å². The van der Waals surface area contributed by atoms with Gasteiger partial charge in [-0.15, -0.1) is 0 Å². The topological polar surface area (TPSA) is 72.0 Å². The van der Waals surface area contributed by atoms with Gasteiger partial charge in [-0.05, 0) is 42.3 Å². The van der Waals surface area contributed by atoms with Crippen molar-refractivity contribution in [1.29, 1.82) is 0 Å². The zero-order chi connectivity index (χ0) is 21.3. The zero-order valence-electron chi connectivity index (χ0n) is 15.3. The van der Waals surface area contributed by atoms with E-state index in [9.17, 15) is 17.2 Å². The molecule has 1 N–H and O–H groups in total. The van der Waals surface area contributed by atoms with E-state index in [1.165, 1.54) is 30.3 Å². The lowest BCUT2D eigenvalue weighted by molar-refractivity contribution is 0.0612. The van der Waals surface area contributed by atoms with E-state index in [1.54, 1.807) is 13.0 Å². The minimum atomic E-state index is -3.57. The van der Waals surface area contributed by atoms with Crippen LogP contribution < -0.4 is 0 Å². The molecule has 29 heavy (non-hydrogen) atoms. The summed E-state index contributed by atoms with van der Waals surface area (Å²) in [7, 11) is -3.57. The molecule has 0 amide bonds. The average molecular weight is 461 g/mol. The van der Waals surface area contributed by atoms with Crippen LogP contribution in [-0.4, -0.2) is 24.6 Å². The molecular weight excluding hydrogens is 445 g/mol. The Kier molecular flexibility index (Phi) is 6.28. The van der Waals surface area contributed by atoms with Crippen LogP contribution in [0.4, 0.5) is 8.78 Å². The molecule has 0 fully saturated rings. The second kappa shape index (κ2) is 8.39. The second-order valence-electron chi connectivity index (χ2n) is 6.44. The van der Waals surface area contributed by atoms with Gasteiger partial charge in [-0.3, -0.25) is 0 Å². The van der Waals surface area contributed by atoms with Crippen molar-refractivity contribution in [2.45, 2.75) is 24.7 Å². The Bertz CT molecular complexity index is 1170. The molecule has 0 bridgehead atoms. The standard InChI is InChI=1S/C19H16Cl2F2N2O3S/c1-10-19(29(2,26)27)25-18(24-10)17(12-4-6-15(22)14(21)8-12)28-9-11-3-5-13(20)16(23)7-11/h3-8,17H,9H2,1-2H3,(H,24,25)/t17-/m1/s1. The molecule has 0 saturated carbocycles. The first kappa shape index (κ1) is 21.7. The van der Waals surface area contributed by atoms with E-state index >= 15 is 0 Å². The quantitative estimate of drug-likeness (QED) is 0.560. The first-order chi connectivity index (χ1) is 13.6. The summed E-state index contributed by atoms with van der Waals surface area (Å²) in [5, 5.41) is -0.262. The third-order valence-electron chi connectivity index (χ3n) is 4.11. The molecular formula is C19H16Cl2F2N2O3S. The number of ether oxygens (including phenoxy) is 1. The van der Waals surface area contributed by atoms with Crippen molar-refractivity contribution < 1.29 is 21.9 Å². The van der Waals surface area contributed by atoms with Crippen molar-refractivity contribution in [1.82, 2.24) is 9.97 Å². The van der Waals surface area contributed by atoms with Gasteiger partial charge in [0.2, 0.25) is 0 Å². The second-order valence-corrected chi connectivity index (χ2v) is 9.18. The number of aromatic nitrogens is 2. The molecule has 0 spiro atoms. The first-order valence-electron chi connectivity index (χ1n) is 8.33. The van der Waals surface area contributed by atoms with Crippen molar-refractivity contribution in [3.8, 4) is 0 Å². The number of halogens is 4. The van der Waals surface area contributed by atoms with Gasteiger partial charge >= 0.3 is 0 Å². The van der Waals surface area contributed by atoms with Crippen LogP contribution in [-0.2, 0) is 21.2 Å². The Hall–Kier alpha value is -2.00. The van der Waals surface area contributed by atoms with Gasteiger partial charge in [0, 0.05) is 6.26 Å². The minimum Gasteiger partial charge on any atom is -0.361 e. The van der Waals surface area contributed by atoms with Crippen LogP contribution in [0.25, 0.3) is 0 Å². The van der Waals surface area contributed by atoms with Gasteiger partial charge in [0.15, 0.2) is 14.9 Å². The Morgan fingerprint density at radius 1 is 1.10 bits per heavy atom. The lowest BCUT2D eigenvalue weighted by Crippen LogP contribution is -2.09. The largest absolute Gasteiger partial charge is 0.361 e. The van der Waals surface area contributed by atoms with Gasteiger partial charge in [0.25, 0.3) is 0 Å². The number of sulfone groups is 1. The fraction of sp³-hybridized carbons (Fsp3) is 0.211. The Morgan fingerprint density at radius 2 is 1.83 bits per heavy atom. The van der Waals surface area contributed by atoms with Crippen molar-refractivity contribution in [3.05, 3.63) is 80.7 Å². The van der Waals surface area contributed by atoms with Gasteiger partial charge in [-0.25, -0.2) is 22.2 Å². The molecule has 1 aromatic heterocycles. The Labute approximate surface area is 176 Å². The number of hydrogen-bond acceptors (Lipinski definition) is 4. The number of imidazole rings is 1. The molecule has 2 aromatic carbocycles. The monoisotopic (exact) mass is 460 g/mol. The fourth-order valence-corrected chi connectivity index (χ4v) is 3.95. The van der Waals surface area contributed by atoms with Crippen LogP contribution in [0.3, 0.4) is 0 Å². The summed E-state index contributed by atoms with van der Waals surface area (Å²) in [4.78, 5) is 7.05.